The molecule has 0 bridgehead atoms. The first-order valence-corrected chi connectivity index (χ1v) is 3.90. The lowest BCUT2D eigenvalue weighted by molar-refractivity contribution is 0.0397. The van der Waals surface area contributed by atoms with Gasteiger partial charge in [-0.1, -0.05) is 35.1 Å². The smallest absolute Gasteiger partial charge is 0.182 e. The van der Waals surface area contributed by atoms with Crippen LogP contribution in [-0.4, -0.2) is 20.2 Å². The normalized spacial score (nSPS) is 10.8. The molecule has 2 rings (SSSR count). The summed E-state index contributed by atoms with van der Waals surface area (Å²) in [4.78, 5) is 0.280. The van der Waals surface area contributed by atoms with E-state index >= 15 is 0 Å². The maximum absolute atomic E-state index is 12.1. The summed E-state index contributed by atoms with van der Waals surface area (Å²) in [6.45, 7) is -2.75. The summed E-state index contributed by atoms with van der Waals surface area (Å²) in [5, 5.41) is 10.3. The number of alkyl halides is 2. The number of rotatable bonds is 2. The van der Waals surface area contributed by atoms with E-state index in [-0.39, 0.29) is 10.6 Å². The van der Waals surface area contributed by atoms with Gasteiger partial charge in [0, 0.05) is 5.56 Å². The number of halogens is 2. The maximum atomic E-state index is 12.1. The van der Waals surface area contributed by atoms with Gasteiger partial charge in [-0.3, -0.25) is 0 Å². The summed E-state index contributed by atoms with van der Waals surface area (Å²) in [7, 11) is 0. The minimum atomic E-state index is -2.75. The molecule has 1 aromatic heterocycles. The number of hydrogen-bond donors (Lipinski definition) is 0. The number of nitrogens with zero attached hydrogens (tertiary/aromatic N) is 4. The van der Waals surface area contributed by atoms with Gasteiger partial charge >= 0.3 is 6.55 Å². The van der Waals surface area contributed by atoms with Crippen molar-refractivity contribution in [3.63, 3.8) is 0 Å². The van der Waals surface area contributed by atoms with Crippen LogP contribution in [0.25, 0.3) is 11.4 Å². The Kier molecular flexibility index (Phi) is 2.18. The summed E-state index contributed by atoms with van der Waals surface area (Å²) >= 11 is 0. The molecule has 2 aromatic rings. The van der Waals surface area contributed by atoms with Gasteiger partial charge < -0.3 is 0 Å². The second kappa shape index (κ2) is 3.49. The van der Waals surface area contributed by atoms with Crippen molar-refractivity contribution in [1.82, 2.24) is 20.2 Å². The van der Waals surface area contributed by atoms with E-state index in [4.69, 9.17) is 0 Å². The summed E-state index contributed by atoms with van der Waals surface area (Å²) < 4.78 is 24.2. The Labute approximate surface area is 78.2 Å². The van der Waals surface area contributed by atoms with Crippen LogP contribution in [0.3, 0.4) is 0 Å². The Hall–Kier alpha value is -1.85. The van der Waals surface area contributed by atoms with Gasteiger partial charge in [-0.2, -0.15) is 8.78 Å². The van der Waals surface area contributed by atoms with Crippen molar-refractivity contribution in [2.75, 3.05) is 0 Å². The number of aromatic nitrogens is 4. The van der Waals surface area contributed by atoms with Gasteiger partial charge in [0.1, 0.15) is 0 Å². The third kappa shape index (κ3) is 1.59. The van der Waals surface area contributed by atoms with Crippen molar-refractivity contribution < 1.29 is 8.78 Å². The first-order valence-electron chi connectivity index (χ1n) is 3.90. The average Bonchev–Trinajstić information content (AvgIpc) is 2.68. The lowest BCUT2D eigenvalue weighted by atomic mass is 10.2. The molecule has 72 valence electrons. The van der Waals surface area contributed by atoms with Gasteiger partial charge in [-0.05, 0) is 5.21 Å². The zero-order valence-corrected chi connectivity index (χ0v) is 7.01. The number of tetrazole rings is 1. The van der Waals surface area contributed by atoms with Crippen LogP contribution in [0.4, 0.5) is 8.78 Å². The van der Waals surface area contributed by atoms with Gasteiger partial charge in [0.2, 0.25) is 5.82 Å². The molecule has 0 aliphatic carbocycles. The predicted octanol–water partition coefficient (Wildman–Crippen LogP) is 1.74. The molecule has 1 heterocycles. The van der Waals surface area contributed by atoms with Crippen molar-refractivity contribution in [2.45, 2.75) is 6.55 Å². The van der Waals surface area contributed by atoms with Gasteiger partial charge in [0.25, 0.3) is 0 Å². The van der Waals surface area contributed by atoms with E-state index in [2.05, 4.69) is 15.4 Å². The molecular weight excluding hydrogens is 190 g/mol. The molecular formula is C8H6F2N4. The summed E-state index contributed by atoms with van der Waals surface area (Å²) in [5.41, 5.74) is 0.666. The SMILES string of the molecule is FC(F)n1nnc(-c2ccccc2)n1. The second-order valence-corrected chi connectivity index (χ2v) is 2.58. The van der Waals surface area contributed by atoms with E-state index in [9.17, 15) is 8.78 Å². The van der Waals surface area contributed by atoms with E-state index in [1.54, 1.807) is 24.3 Å². The van der Waals surface area contributed by atoms with E-state index in [0.717, 1.165) is 0 Å². The lowest BCUT2D eigenvalue weighted by Gasteiger charge is -1.93. The molecule has 14 heavy (non-hydrogen) atoms. The fraction of sp³-hybridized carbons (Fsp3) is 0.125. The third-order valence-electron chi connectivity index (χ3n) is 1.63. The standard InChI is InChI=1S/C8H6F2N4/c9-8(10)14-12-7(11-13-14)6-4-2-1-3-5-6/h1-5,8H. The predicted molar refractivity (Wildman–Crippen MR) is 44.5 cm³/mol. The van der Waals surface area contributed by atoms with Crippen molar-refractivity contribution in [1.29, 1.82) is 0 Å². The molecule has 0 N–H and O–H groups in total. The Bertz CT molecular complexity index is 412. The van der Waals surface area contributed by atoms with Crippen LogP contribution in [0.15, 0.2) is 30.3 Å². The quantitative estimate of drug-likeness (QED) is 0.734. The van der Waals surface area contributed by atoms with E-state index in [1.807, 2.05) is 6.07 Å². The third-order valence-corrected chi connectivity index (χ3v) is 1.63. The molecule has 0 atom stereocenters. The van der Waals surface area contributed by atoms with Gasteiger partial charge in [-0.15, -0.1) is 10.2 Å². The summed E-state index contributed by atoms with van der Waals surface area (Å²) in [5.74, 6) is 0.200. The van der Waals surface area contributed by atoms with Gasteiger partial charge in [0.05, 0.1) is 0 Å². The summed E-state index contributed by atoms with van der Waals surface area (Å²) in [6, 6.07) is 8.83. The van der Waals surface area contributed by atoms with Gasteiger partial charge in [0.15, 0.2) is 0 Å². The Balaban J connectivity index is 2.34. The van der Waals surface area contributed by atoms with Crippen molar-refractivity contribution in [3.8, 4) is 11.4 Å². The van der Waals surface area contributed by atoms with E-state index in [1.165, 1.54) is 0 Å². The molecule has 4 nitrogen and oxygen atoms in total. The highest BCUT2D eigenvalue weighted by Gasteiger charge is 2.11. The second-order valence-electron chi connectivity index (χ2n) is 2.58. The fourth-order valence-electron chi connectivity index (χ4n) is 1.01. The zero-order valence-electron chi connectivity index (χ0n) is 7.01. The van der Waals surface area contributed by atoms with Crippen LogP contribution in [-0.2, 0) is 0 Å². The monoisotopic (exact) mass is 196 g/mol. The molecule has 0 unspecified atom stereocenters. The van der Waals surface area contributed by atoms with E-state index < -0.39 is 6.55 Å². The van der Waals surface area contributed by atoms with E-state index in [0.29, 0.717) is 5.56 Å². The van der Waals surface area contributed by atoms with Gasteiger partial charge in [-0.25, -0.2) is 0 Å². The van der Waals surface area contributed by atoms with Crippen LogP contribution in [0, 0.1) is 0 Å². The summed E-state index contributed by atoms with van der Waals surface area (Å²) in [6.07, 6.45) is 0. The fourth-order valence-corrected chi connectivity index (χ4v) is 1.01. The molecule has 6 heteroatoms. The van der Waals surface area contributed by atoms with Crippen LogP contribution in [0.5, 0.6) is 0 Å². The number of hydrogen-bond acceptors (Lipinski definition) is 3. The molecule has 0 spiro atoms. The van der Waals surface area contributed by atoms with Crippen LogP contribution in [0.2, 0.25) is 0 Å². The molecule has 0 aliphatic heterocycles. The lowest BCUT2D eigenvalue weighted by Crippen LogP contribution is -2.02. The van der Waals surface area contributed by atoms with Crippen LogP contribution < -0.4 is 0 Å². The first-order chi connectivity index (χ1) is 6.77. The molecule has 0 saturated heterocycles. The Morgan fingerprint density at radius 1 is 1.14 bits per heavy atom. The molecule has 0 amide bonds. The number of benzene rings is 1. The van der Waals surface area contributed by atoms with Crippen molar-refractivity contribution in [3.05, 3.63) is 30.3 Å². The topological polar surface area (TPSA) is 43.6 Å². The first kappa shape index (κ1) is 8.74. The highest BCUT2D eigenvalue weighted by atomic mass is 19.3. The molecule has 0 radical (unpaired) electrons. The van der Waals surface area contributed by atoms with Crippen LogP contribution >= 0.6 is 0 Å². The zero-order chi connectivity index (χ0) is 9.97. The highest BCUT2D eigenvalue weighted by molar-refractivity contribution is 5.52. The maximum Gasteiger partial charge on any atom is 0.350 e. The molecule has 0 saturated carbocycles. The van der Waals surface area contributed by atoms with Crippen LogP contribution in [0.1, 0.15) is 6.55 Å². The van der Waals surface area contributed by atoms with Crippen molar-refractivity contribution in [2.24, 2.45) is 0 Å². The Morgan fingerprint density at radius 3 is 2.43 bits per heavy atom. The average molecular weight is 196 g/mol. The Morgan fingerprint density at radius 2 is 1.86 bits per heavy atom. The molecule has 0 aliphatic rings. The van der Waals surface area contributed by atoms with Crippen molar-refractivity contribution >= 4 is 0 Å². The largest absolute Gasteiger partial charge is 0.350 e. The minimum Gasteiger partial charge on any atom is -0.182 e. The molecule has 1 aromatic carbocycles. The highest BCUT2D eigenvalue weighted by Crippen LogP contribution is 2.13. The minimum absolute atomic E-state index is 0.200. The molecule has 0 fully saturated rings.